The van der Waals surface area contributed by atoms with Gasteiger partial charge in [0.05, 0.1) is 20.0 Å². The molecule has 1 atom stereocenters. The summed E-state index contributed by atoms with van der Waals surface area (Å²) >= 11 is 2.61. The number of methoxy groups -OCH3 is 2. The number of carbonyl (C=O) groups is 2. The normalized spacial score (nSPS) is 11.8. The van der Waals surface area contributed by atoms with Gasteiger partial charge in [0.1, 0.15) is 11.8 Å². The Morgan fingerprint density at radius 1 is 1.18 bits per heavy atom. The minimum atomic E-state index is -0.639. The summed E-state index contributed by atoms with van der Waals surface area (Å²) < 4.78 is 10.5. The quantitative estimate of drug-likeness (QED) is 0.443. The first-order chi connectivity index (χ1) is 13.4. The molecule has 0 bridgehead atoms. The molecule has 0 saturated heterocycles. The van der Waals surface area contributed by atoms with Crippen molar-refractivity contribution in [2.75, 3.05) is 25.3 Å². The number of nitrogens with zero attached hydrogens (tertiary/aromatic N) is 2. The van der Waals surface area contributed by atoms with Crippen LogP contribution in [0.15, 0.2) is 28.6 Å². The van der Waals surface area contributed by atoms with Crippen molar-refractivity contribution in [3.8, 4) is 5.75 Å². The molecule has 1 unspecified atom stereocenters. The summed E-state index contributed by atoms with van der Waals surface area (Å²) in [6, 6.07) is 6.81. The second kappa shape index (κ2) is 10.9. The smallest absolute Gasteiger partial charge is 0.328 e. The van der Waals surface area contributed by atoms with Crippen LogP contribution in [0.5, 0.6) is 5.75 Å². The van der Waals surface area contributed by atoms with Gasteiger partial charge in [0.15, 0.2) is 4.34 Å². The number of hydrogen-bond donors (Lipinski definition) is 2. The van der Waals surface area contributed by atoms with E-state index >= 15 is 0 Å². The lowest BCUT2D eigenvalue weighted by atomic mass is 10.0. The molecule has 1 aromatic heterocycles. The number of amides is 1. The number of anilines is 2. The standard InChI is InChI=1S/C18H24N4O4S2/c1-11(2)9-14(16(24)26-4)20-15(23)10-27-18-22-21-17(28-18)19-12-5-7-13(25-3)8-6-12/h5-8,11,14H,9-10H2,1-4H3,(H,19,21)(H,20,23). The number of benzene rings is 1. The maximum atomic E-state index is 12.2. The summed E-state index contributed by atoms with van der Waals surface area (Å²) in [5.74, 6) is 0.484. The summed E-state index contributed by atoms with van der Waals surface area (Å²) in [5.41, 5.74) is 0.862. The van der Waals surface area contributed by atoms with E-state index in [4.69, 9.17) is 9.47 Å². The first-order valence-electron chi connectivity index (χ1n) is 8.65. The van der Waals surface area contributed by atoms with Gasteiger partial charge < -0.3 is 20.1 Å². The summed E-state index contributed by atoms with van der Waals surface area (Å²) in [5, 5.41) is 14.6. The van der Waals surface area contributed by atoms with E-state index in [0.29, 0.717) is 15.9 Å². The van der Waals surface area contributed by atoms with Crippen LogP contribution in [0.4, 0.5) is 10.8 Å². The fourth-order valence-electron chi connectivity index (χ4n) is 2.31. The summed E-state index contributed by atoms with van der Waals surface area (Å²) in [6.45, 7) is 3.96. The highest BCUT2D eigenvalue weighted by Gasteiger charge is 2.22. The first kappa shape index (κ1) is 22.0. The molecule has 2 aromatic rings. The second-order valence-electron chi connectivity index (χ2n) is 6.29. The summed E-state index contributed by atoms with van der Waals surface area (Å²) in [6.07, 6.45) is 0.526. The SMILES string of the molecule is COC(=O)C(CC(C)C)NC(=O)CSc1nnc(Nc2ccc(OC)cc2)s1. The molecular formula is C18H24N4O4S2. The third-order valence-corrected chi connectivity index (χ3v) is 5.57. The van der Waals surface area contributed by atoms with Gasteiger partial charge in [-0.15, -0.1) is 10.2 Å². The zero-order chi connectivity index (χ0) is 20.5. The summed E-state index contributed by atoms with van der Waals surface area (Å²) in [4.78, 5) is 24.0. The lowest BCUT2D eigenvalue weighted by Crippen LogP contribution is -2.43. The van der Waals surface area contributed by atoms with Gasteiger partial charge in [-0.2, -0.15) is 0 Å². The number of esters is 1. The largest absolute Gasteiger partial charge is 0.497 e. The van der Waals surface area contributed by atoms with Crippen molar-refractivity contribution >= 4 is 45.8 Å². The molecule has 0 saturated carbocycles. The Hall–Kier alpha value is -2.33. The van der Waals surface area contributed by atoms with Crippen LogP contribution in [-0.4, -0.2) is 48.1 Å². The number of nitrogens with one attached hydrogen (secondary N) is 2. The molecule has 10 heteroatoms. The average molecular weight is 425 g/mol. The van der Waals surface area contributed by atoms with Gasteiger partial charge in [-0.3, -0.25) is 4.79 Å². The third kappa shape index (κ3) is 7.01. The molecule has 152 valence electrons. The number of ether oxygens (including phenoxy) is 2. The van der Waals surface area contributed by atoms with Crippen LogP contribution in [0.1, 0.15) is 20.3 Å². The van der Waals surface area contributed by atoms with Gasteiger partial charge in [0.2, 0.25) is 11.0 Å². The Morgan fingerprint density at radius 2 is 1.89 bits per heavy atom. The highest BCUT2D eigenvalue weighted by molar-refractivity contribution is 8.01. The van der Waals surface area contributed by atoms with Crippen molar-refractivity contribution in [1.82, 2.24) is 15.5 Å². The zero-order valence-electron chi connectivity index (χ0n) is 16.2. The van der Waals surface area contributed by atoms with Crippen molar-refractivity contribution in [1.29, 1.82) is 0 Å². The van der Waals surface area contributed by atoms with E-state index in [1.165, 1.54) is 30.2 Å². The molecule has 0 spiro atoms. The third-order valence-electron chi connectivity index (χ3n) is 3.60. The van der Waals surface area contributed by atoms with Crippen molar-refractivity contribution in [2.45, 2.75) is 30.6 Å². The van der Waals surface area contributed by atoms with E-state index in [0.717, 1.165) is 11.4 Å². The molecule has 0 aliphatic heterocycles. The number of carbonyl (C=O) groups excluding carboxylic acids is 2. The van der Waals surface area contributed by atoms with Crippen LogP contribution in [-0.2, 0) is 14.3 Å². The van der Waals surface area contributed by atoms with Crippen LogP contribution in [0.2, 0.25) is 0 Å². The molecule has 1 amide bonds. The minimum absolute atomic E-state index is 0.142. The number of aromatic nitrogens is 2. The molecule has 2 rings (SSSR count). The van der Waals surface area contributed by atoms with E-state index in [2.05, 4.69) is 20.8 Å². The number of rotatable bonds is 10. The fourth-order valence-corrected chi connectivity index (χ4v) is 3.89. The maximum Gasteiger partial charge on any atom is 0.328 e. The number of hydrogen-bond acceptors (Lipinski definition) is 9. The predicted molar refractivity (Wildman–Crippen MR) is 110 cm³/mol. The molecule has 0 radical (unpaired) electrons. The van der Waals surface area contributed by atoms with Gasteiger partial charge in [0.25, 0.3) is 0 Å². The molecule has 0 aliphatic carbocycles. The molecular weight excluding hydrogens is 400 g/mol. The zero-order valence-corrected chi connectivity index (χ0v) is 17.9. The first-order valence-corrected chi connectivity index (χ1v) is 10.5. The van der Waals surface area contributed by atoms with Crippen LogP contribution in [0.3, 0.4) is 0 Å². The molecule has 8 nitrogen and oxygen atoms in total. The maximum absolute atomic E-state index is 12.2. The highest BCUT2D eigenvalue weighted by Crippen LogP contribution is 2.28. The number of thioether (sulfide) groups is 1. The van der Waals surface area contributed by atoms with Crippen LogP contribution in [0, 0.1) is 5.92 Å². The van der Waals surface area contributed by atoms with E-state index in [1.807, 2.05) is 38.1 Å². The Balaban J connectivity index is 1.85. The highest BCUT2D eigenvalue weighted by atomic mass is 32.2. The van der Waals surface area contributed by atoms with Crippen LogP contribution in [0.25, 0.3) is 0 Å². The topological polar surface area (TPSA) is 102 Å². The van der Waals surface area contributed by atoms with E-state index in [-0.39, 0.29) is 17.6 Å². The van der Waals surface area contributed by atoms with E-state index < -0.39 is 12.0 Å². The van der Waals surface area contributed by atoms with Crippen LogP contribution >= 0.6 is 23.1 Å². The Morgan fingerprint density at radius 3 is 2.50 bits per heavy atom. The molecule has 0 aliphatic rings. The van der Waals surface area contributed by atoms with Crippen molar-refractivity contribution < 1.29 is 19.1 Å². The molecule has 1 aromatic carbocycles. The van der Waals surface area contributed by atoms with Crippen molar-refractivity contribution in [2.24, 2.45) is 5.92 Å². The second-order valence-corrected chi connectivity index (χ2v) is 8.49. The Labute approximate surface area is 172 Å². The minimum Gasteiger partial charge on any atom is -0.497 e. The van der Waals surface area contributed by atoms with Gasteiger partial charge in [0, 0.05) is 5.69 Å². The van der Waals surface area contributed by atoms with Gasteiger partial charge in [-0.25, -0.2) is 4.79 Å². The summed E-state index contributed by atoms with van der Waals surface area (Å²) in [7, 11) is 2.93. The van der Waals surface area contributed by atoms with Crippen molar-refractivity contribution in [3.05, 3.63) is 24.3 Å². The Bertz CT molecular complexity index is 780. The van der Waals surface area contributed by atoms with Gasteiger partial charge in [-0.1, -0.05) is 36.9 Å². The average Bonchev–Trinajstić information content (AvgIpc) is 3.13. The predicted octanol–water partition coefficient (Wildman–Crippen LogP) is 3.09. The van der Waals surface area contributed by atoms with E-state index in [1.54, 1.807) is 7.11 Å². The van der Waals surface area contributed by atoms with Crippen molar-refractivity contribution in [3.63, 3.8) is 0 Å². The molecule has 1 heterocycles. The molecule has 28 heavy (non-hydrogen) atoms. The molecule has 0 fully saturated rings. The van der Waals surface area contributed by atoms with Crippen LogP contribution < -0.4 is 15.4 Å². The van der Waals surface area contributed by atoms with Gasteiger partial charge >= 0.3 is 5.97 Å². The van der Waals surface area contributed by atoms with Gasteiger partial charge in [-0.05, 0) is 36.6 Å². The monoisotopic (exact) mass is 424 g/mol. The lowest BCUT2D eigenvalue weighted by Gasteiger charge is -2.17. The molecule has 2 N–H and O–H groups in total. The fraction of sp³-hybridized carbons (Fsp3) is 0.444. The Kier molecular flexibility index (Phi) is 8.52. The van der Waals surface area contributed by atoms with E-state index in [9.17, 15) is 9.59 Å². The lowest BCUT2D eigenvalue weighted by molar-refractivity contribution is -0.145.